The summed E-state index contributed by atoms with van der Waals surface area (Å²) in [6, 6.07) is 10.2. The molecule has 3 nitrogen and oxygen atoms in total. The number of piperidine rings is 1. The minimum atomic E-state index is -0.322. The first kappa shape index (κ1) is 13.1. The molecule has 0 aromatic heterocycles. The van der Waals surface area contributed by atoms with Crippen LogP contribution >= 0.6 is 0 Å². The highest BCUT2D eigenvalue weighted by molar-refractivity contribution is 5.88. The molecule has 0 bridgehead atoms. The zero-order valence-corrected chi connectivity index (χ0v) is 11.5. The Morgan fingerprint density at radius 3 is 2.22 bits per heavy atom. The summed E-state index contributed by atoms with van der Waals surface area (Å²) >= 11 is 0. The van der Waals surface area contributed by atoms with Gasteiger partial charge >= 0.3 is 0 Å². The maximum absolute atomic E-state index is 12.6. The van der Waals surface area contributed by atoms with Crippen LogP contribution in [0.2, 0.25) is 0 Å². The SMILES string of the molecule is CN1CCC(C(=O)N(C)C)(c2ccccc2)CC1. The third kappa shape index (κ3) is 2.27. The van der Waals surface area contributed by atoms with Crippen LogP contribution in [0, 0.1) is 0 Å². The lowest BCUT2D eigenvalue weighted by molar-refractivity contribution is -0.136. The van der Waals surface area contributed by atoms with E-state index in [0.29, 0.717) is 0 Å². The lowest BCUT2D eigenvalue weighted by atomic mass is 9.72. The van der Waals surface area contributed by atoms with E-state index in [9.17, 15) is 4.79 Å². The fraction of sp³-hybridized carbons (Fsp3) is 0.533. The summed E-state index contributed by atoms with van der Waals surface area (Å²) < 4.78 is 0. The van der Waals surface area contributed by atoms with E-state index in [2.05, 4.69) is 24.1 Å². The Morgan fingerprint density at radius 2 is 1.72 bits per heavy atom. The van der Waals surface area contributed by atoms with Gasteiger partial charge in [0.05, 0.1) is 5.41 Å². The molecule has 1 fully saturated rings. The number of hydrogen-bond donors (Lipinski definition) is 0. The van der Waals surface area contributed by atoms with Crippen molar-refractivity contribution in [3.8, 4) is 0 Å². The molecule has 0 atom stereocenters. The quantitative estimate of drug-likeness (QED) is 0.793. The summed E-state index contributed by atoms with van der Waals surface area (Å²) in [7, 11) is 5.83. The number of carbonyl (C=O) groups is 1. The number of rotatable bonds is 2. The summed E-state index contributed by atoms with van der Waals surface area (Å²) in [5, 5.41) is 0. The van der Waals surface area contributed by atoms with Crippen LogP contribution in [0.3, 0.4) is 0 Å². The van der Waals surface area contributed by atoms with Crippen molar-refractivity contribution in [1.82, 2.24) is 9.80 Å². The minimum absolute atomic E-state index is 0.238. The average molecular weight is 246 g/mol. The Hall–Kier alpha value is -1.35. The van der Waals surface area contributed by atoms with E-state index in [1.54, 1.807) is 4.90 Å². The number of amides is 1. The van der Waals surface area contributed by atoms with Crippen molar-refractivity contribution in [2.75, 3.05) is 34.2 Å². The molecule has 0 radical (unpaired) electrons. The van der Waals surface area contributed by atoms with E-state index in [0.717, 1.165) is 31.5 Å². The van der Waals surface area contributed by atoms with Crippen LogP contribution in [-0.2, 0) is 10.2 Å². The van der Waals surface area contributed by atoms with E-state index < -0.39 is 0 Å². The number of nitrogens with zero attached hydrogens (tertiary/aromatic N) is 2. The third-order valence-corrected chi connectivity index (χ3v) is 3.98. The summed E-state index contributed by atoms with van der Waals surface area (Å²) in [5.74, 6) is 0.238. The van der Waals surface area contributed by atoms with Gasteiger partial charge in [0, 0.05) is 14.1 Å². The molecule has 1 aliphatic rings. The fourth-order valence-electron chi connectivity index (χ4n) is 2.81. The molecule has 0 spiro atoms. The second kappa shape index (κ2) is 5.11. The predicted molar refractivity (Wildman–Crippen MR) is 73.5 cm³/mol. The predicted octanol–water partition coefficient (Wildman–Crippen LogP) is 1.74. The molecule has 0 N–H and O–H groups in total. The van der Waals surface area contributed by atoms with Gasteiger partial charge in [-0.05, 0) is 38.5 Å². The molecule has 1 aromatic carbocycles. The molecule has 18 heavy (non-hydrogen) atoms. The molecule has 0 saturated carbocycles. The number of hydrogen-bond acceptors (Lipinski definition) is 2. The van der Waals surface area contributed by atoms with Crippen molar-refractivity contribution in [3.63, 3.8) is 0 Å². The number of benzene rings is 1. The van der Waals surface area contributed by atoms with E-state index >= 15 is 0 Å². The van der Waals surface area contributed by atoms with Gasteiger partial charge in [0.15, 0.2) is 0 Å². The first-order chi connectivity index (χ1) is 8.56. The van der Waals surface area contributed by atoms with Crippen LogP contribution in [-0.4, -0.2) is 49.9 Å². The summed E-state index contributed by atoms with van der Waals surface area (Å²) in [6.45, 7) is 1.96. The molecule has 1 saturated heterocycles. The lowest BCUT2D eigenvalue weighted by Crippen LogP contribution is -2.50. The normalized spacial score (nSPS) is 19.5. The first-order valence-electron chi connectivity index (χ1n) is 6.52. The number of likely N-dealkylation sites (N-methyl/N-ethyl adjacent to an activating group) is 1. The average Bonchev–Trinajstić information content (AvgIpc) is 2.40. The van der Waals surface area contributed by atoms with Crippen LogP contribution in [0.25, 0.3) is 0 Å². The monoisotopic (exact) mass is 246 g/mol. The second-order valence-electron chi connectivity index (χ2n) is 5.45. The Bertz CT molecular complexity index is 406. The highest BCUT2D eigenvalue weighted by Crippen LogP contribution is 2.36. The van der Waals surface area contributed by atoms with E-state index in [1.807, 2.05) is 32.3 Å². The van der Waals surface area contributed by atoms with Gasteiger partial charge in [-0.15, -0.1) is 0 Å². The smallest absolute Gasteiger partial charge is 0.232 e. The van der Waals surface area contributed by atoms with Crippen LogP contribution in [0.5, 0.6) is 0 Å². The Kier molecular flexibility index (Phi) is 3.71. The van der Waals surface area contributed by atoms with Gasteiger partial charge in [0.2, 0.25) is 5.91 Å². The molecule has 98 valence electrons. The van der Waals surface area contributed by atoms with Gasteiger partial charge in [0.25, 0.3) is 0 Å². The van der Waals surface area contributed by atoms with Crippen molar-refractivity contribution >= 4 is 5.91 Å². The van der Waals surface area contributed by atoms with Gasteiger partial charge in [0.1, 0.15) is 0 Å². The van der Waals surface area contributed by atoms with Crippen LogP contribution in [0.4, 0.5) is 0 Å². The topological polar surface area (TPSA) is 23.6 Å². The molecule has 2 rings (SSSR count). The second-order valence-corrected chi connectivity index (χ2v) is 5.45. The van der Waals surface area contributed by atoms with Crippen molar-refractivity contribution in [2.45, 2.75) is 18.3 Å². The van der Waals surface area contributed by atoms with Gasteiger partial charge in [-0.2, -0.15) is 0 Å². The van der Waals surface area contributed by atoms with Gasteiger partial charge < -0.3 is 9.80 Å². The molecule has 3 heteroatoms. The largest absolute Gasteiger partial charge is 0.348 e. The van der Waals surface area contributed by atoms with Gasteiger partial charge in [-0.1, -0.05) is 30.3 Å². The number of carbonyl (C=O) groups excluding carboxylic acids is 1. The van der Waals surface area contributed by atoms with Crippen molar-refractivity contribution < 1.29 is 4.79 Å². The van der Waals surface area contributed by atoms with E-state index in [-0.39, 0.29) is 11.3 Å². The highest BCUT2D eigenvalue weighted by Gasteiger charge is 2.42. The highest BCUT2D eigenvalue weighted by atomic mass is 16.2. The molecule has 0 unspecified atom stereocenters. The zero-order valence-electron chi connectivity index (χ0n) is 11.5. The Labute approximate surface area is 109 Å². The summed E-state index contributed by atoms with van der Waals surface area (Å²) in [4.78, 5) is 16.7. The standard InChI is InChI=1S/C15H22N2O/c1-16(2)14(18)15(9-11-17(3)12-10-15)13-7-5-4-6-8-13/h4-8H,9-12H2,1-3H3. The minimum Gasteiger partial charge on any atom is -0.348 e. The first-order valence-corrected chi connectivity index (χ1v) is 6.52. The van der Waals surface area contributed by atoms with Crippen LogP contribution in [0.1, 0.15) is 18.4 Å². The van der Waals surface area contributed by atoms with E-state index in [1.165, 1.54) is 0 Å². The molecular formula is C15H22N2O. The maximum Gasteiger partial charge on any atom is 0.232 e. The maximum atomic E-state index is 12.6. The van der Waals surface area contributed by atoms with Crippen LogP contribution in [0.15, 0.2) is 30.3 Å². The molecule has 0 aliphatic carbocycles. The van der Waals surface area contributed by atoms with E-state index in [4.69, 9.17) is 0 Å². The number of likely N-dealkylation sites (tertiary alicyclic amines) is 1. The zero-order chi connectivity index (χ0) is 13.2. The molecule has 1 amide bonds. The van der Waals surface area contributed by atoms with Crippen LogP contribution < -0.4 is 0 Å². The van der Waals surface area contributed by atoms with Crippen molar-refractivity contribution in [1.29, 1.82) is 0 Å². The summed E-state index contributed by atoms with van der Waals surface area (Å²) in [5.41, 5.74) is 0.842. The third-order valence-electron chi connectivity index (χ3n) is 3.98. The Morgan fingerprint density at radius 1 is 1.17 bits per heavy atom. The summed E-state index contributed by atoms with van der Waals surface area (Å²) in [6.07, 6.45) is 1.81. The molecule has 1 aliphatic heterocycles. The fourth-order valence-corrected chi connectivity index (χ4v) is 2.81. The lowest BCUT2D eigenvalue weighted by Gasteiger charge is -2.41. The van der Waals surface area contributed by atoms with Gasteiger partial charge in [-0.25, -0.2) is 0 Å². The Balaban J connectivity index is 2.38. The van der Waals surface area contributed by atoms with Gasteiger partial charge in [-0.3, -0.25) is 4.79 Å². The van der Waals surface area contributed by atoms with Crippen molar-refractivity contribution in [2.24, 2.45) is 0 Å². The molecular weight excluding hydrogens is 224 g/mol. The van der Waals surface area contributed by atoms with Crippen molar-refractivity contribution in [3.05, 3.63) is 35.9 Å². The molecule has 1 aromatic rings. The molecule has 1 heterocycles.